The van der Waals surface area contributed by atoms with Gasteiger partial charge < -0.3 is 33.8 Å². The normalized spacial score (nSPS) is 14.4. The van der Waals surface area contributed by atoms with E-state index in [4.69, 9.17) is 37.0 Å². The van der Waals surface area contributed by atoms with Gasteiger partial charge in [0.25, 0.3) is 0 Å². The van der Waals surface area contributed by atoms with E-state index in [2.05, 4.69) is 113 Å². The first-order valence-corrected chi connectivity index (χ1v) is 42.5. The first-order valence-electron chi connectivity index (χ1n) is 39.5. The Labute approximate surface area is 607 Å². The second-order valence-corrected chi connectivity index (χ2v) is 29.2. The zero-order chi connectivity index (χ0) is 73.2. The fourth-order valence-electron chi connectivity index (χ4n) is 10.4. The van der Waals surface area contributed by atoms with Crippen LogP contribution in [0.25, 0.3) is 0 Å². The number of ether oxygens (including phenoxy) is 4. The molecule has 100 heavy (non-hydrogen) atoms. The number of hydrogen-bond acceptors (Lipinski definition) is 15. The lowest BCUT2D eigenvalue weighted by Gasteiger charge is -2.21. The molecule has 0 aliphatic carbocycles. The van der Waals surface area contributed by atoms with Crippen molar-refractivity contribution < 1.29 is 80.2 Å². The number of carbonyl (C=O) groups excluding carboxylic acids is 4. The fraction of sp³-hybridized carbons (Fsp3) is 0.753. The van der Waals surface area contributed by atoms with Crippen LogP contribution in [0, 0.1) is 0 Å². The Morgan fingerprint density at radius 1 is 0.290 bits per heavy atom. The monoisotopic (exact) mass is 1450 g/mol. The average Bonchev–Trinajstić information content (AvgIpc) is 0.965. The summed E-state index contributed by atoms with van der Waals surface area (Å²) in [5.41, 5.74) is 0. The summed E-state index contributed by atoms with van der Waals surface area (Å²) in [5, 5.41) is 10.6. The average molecular weight is 1450 g/mol. The van der Waals surface area contributed by atoms with E-state index in [0.717, 1.165) is 141 Å². The third kappa shape index (κ3) is 72.3. The highest BCUT2D eigenvalue weighted by atomic mass is 31.2. The van der Waals surface area contributed by atoms with Crippen molar-refractivity contribution in [2.75, 3.05) is 39.6 Å². The van der Waals surface area contributed by atoms with Crippen LogP contribution in [0.2, 0.25) is 0 Å². The van der Waals surface area contributed by atoms with Crippen LogP contribution < -0.4 is 0 Å². The minimum absolute atomic E-state index is 0.0730. The molecule has 17 nitrogen and oxygen atoms in total. The second-order valence-electron chi connectivity index (χ2n) is 26.3. The van der Waals surface area contributed by atoms with Gasteiger partial charge in [0.05, 0.1) is 26.4 Å². The summed E-state index contributed by atoms with van der Waals surface area (Å²) in [6.07, 6.45) is 76.8. The molecule has 3 N–H and O–H groups in total. The molecule has 19 heteroatoms. The van der Waals surface area contributed by atoms with Gasteiger partial charge in [0.2, 0.25) is 0 Å². The van der Waals surface area contributed by atoms with Crippen LogP contribution in [0.3, 0.4) is 0 Å². The molecule has 0 radical (unpaired) electrons. The number of esters is 4. The van der Waals surface area contributed by atoms with Crippen molar-refractivity contribution in [2.45, 2.75) is 354 Å². The molecule has 0 aromatic rings. The summed E-state index contributed by atoms with van der Waals surface area (Å²) in [5.74, 6) is -2.26. The predicted molar refractivity (Wildman–Crippen MR) is 409 cm³/mol. The molecular formula is C81H142O17P2. The van der Waals surface area contributed by atoms with Crippen molar-refractivity contribution >= 4 is 39.5 Å². The highest BCUT2D eigenvalue weighted by molar-refractivity contribution is 7.47. The molecule has 0 bridgehead atoms. The maximum absolute atomic E-state index is 13.1. The number of aliphatic hydroxyl groups excluding tert-OH is 1. The number of phosphoric ester groups is 2. The standard InChI is InChI=1S/C81H142O17P2/c1-5-9-13-17-21-25-29-33-36-37-40-43-46-50-54-58-62-66-79(84)92-71-76(97-80(85)67-63-59-55-51-47-41-32-28-24-20-16-12-8-4)73-95-99(87,88)93-69-75(82)70-94-100(89,90)96-74-77(98-81(86)68-64-60-56-52-48-44-39-35-31-27-23-19-15-11-7-3)72-91-78(83)65-61-57-53-49-45-42-38-34-30-26-22-18-14-10-6-2/h21,25-26,28,30,32-36,38-40,43,50,54,75-77,82H,5-20,22-24,27,29,31,37,41-42,44-49,51-53,55-74H2,1-4H3,(H,87,88)(H,89,90)/b25-21-,30-26-,32-28-,36-33-,38-34-,39-35-,43-40-,54-50-/t75-,76+,77+/m0/s1. The third-order valence-electron chi connectivity index (χ3n) is 16.5. The maximum atomic E-state index is 13.1. The van der Waals surface area contributed by atoms with Gasteiger partial charge in [-0.1, -0.05) is 266 Å². The van der Waals surface area contributed by atoms with E-state index in [0.29, 0.717) is 32.1 Å². The molecule has 0 amide bonds. The van der Waals surface area contributed by atoms with E-state index >= 15 is 0 Å². The molecule has 0 heterocycles. The largest absolute Gasteiger partial charge is 0.472 e. The maximum Gasteiger partial charge on any atom is 0.472 e. The molecule has 5 atom stereocenters. The Hall–Kier alpha value is -4.02. The van der Waals surface area contributed by atoms with Gasteiger partial charge in [0.1, 0.15) is 19.3 Å². The van der Waals surface area contributed by atoms with Crippen LogP contribution in [0.5, 0.6) is 0 Å². The number of aliphatic hydroxyl groups is 1. The van der Waals surface area contributed by atoms with Gasteiger partial charge in [-0.05, 0) is 141 Å². The molecule has 0 aromatic heterocycles. The van der Waals surface area contributed by atoms with E-state index in [9.17, 15) is 43.2 Å². The fourth-order valence-corrected chi connectivity index (χ4v) is 12.0. The molecule has 0 fully saturated rings. The highest BCUT2D eigenvalue weighted by Crippen LogP contribution is 2.45. The van der Waals surface area contributed by atoms with Crippen LogP contribution in [-0.4, -0.2) is 96.7 Å². The summed E-state index contributed by atoms with van der Waals surface area (Å²) < 4.78 is 68.5. The van der Waals surface area contributed by atoms with Crippen molar-refractivity contribution in [3.8, 4) is 0 Å². The number of unbranched alkanes of at least 4 members (excludes halogenated alkanes) is 33. The van der Waals surface area contributed by atoms with Gasteiger partial charge in [0.15, 0.2) is 12.2 Å². The van der Waals surface area contributed by atoms with Crippen molar-refractivity contribution in [1.29, 1.82) is 0 Å². The molecule has 2 unspecified atom stereocenters. The highest BCUT2D eigenvalue weighted by Gasteiger charge is 2.30. The Morgan fingerprint density at radius 3 is 0.890 bits per heavy atom. The number of carbonyl (C=O) groups is 4. The van der Waals surface area contributed by atoms with Crippen LogP contribution in [0.4, 0.5) is 0 Å². The van der Waals surface area contributed by atoms with Crippen molar-refractivity contribution in [2.24, 2.45) is 0 Å². The molecule has 0 spiro atoms. The van der Waals surface area contributed by atoms with Crippen molar-refractivity contribution in [1.82, 2.24) is 0 Å². The number of phosphoric acid groups is 2. The molecule has 578 valence electrons. The molecular weight excluding hydrogens is 1310 g/mol. The van der Waals surface area contributed by atoms with Crippen molar-refractivity contribution in [3.05, 3.63) is 97.2 Å². The van der Waals surface area contributed by atoms with Crippen LogP contribution in [-0.2, 0) is 65.4 Å². The zero-order valence-corrected chi connectivity index (χ0v) is 64.9. The molecule has 0 saturated carbocycles. The molecule has 0 aliphatic heterocycles. The lowest BCUT2D eigenvalue weighted by atomic mass is 10.1. The third-order valence-corrected chi connectivity index (χ3v) is 18.4. The lowest BCUT2D eigenvalue weighted by molar-refractivity contribution is -0.161. The summed E-state index contributed by atoms with van der Waals surface area (Å²) in [7, 11) is -9.97. The van der Waals surface area contributed by atoms with E-state index in [1.165, 1.54) is 109 Å². The first-order chi connectivity index (χ1) is 48.7. The SMILES string of the molecule is CCCCC/C=C\C/C=C\C/C=C\C/C=C\CCCC(=O)OC[C@H](COP(=O)(O)OC[C@H](O)COP(=O)(O)OC[C@@H](COC(=O)CCCCCCC/C=C\C=C/CCCCCC)OC(=O)CCCCCCC/C=C\CCCCCCCC)OC(=O)CCCCCCC/C=C\CCCCCC. The Morgan fingerprint density at radius 2 is 0.530 bits per heavy atom. The lowest BCUT2D eigenvalue weighted by Crippen LogP contribution is -2.30. The van der Waals surface area contributed by atoms with Gasteiger partial charge in [0, 0.05) is 25.7 Å². The van der Waals surface area contributed by atoms with Crippen LogP contribution in [0.1, 0.15) is 336 Å². The minimum atomic E-state index is -4.99. The second kappa shape index (κ2) is 73.3. The Balaban J connectivity index is 5.41. The summed E-state index contributed by atoms with van der Waals surface area (Å²) in [4.78, 5) is 72.9. The topological polar surface area (TPSA) is 237 Å². The number of rotatable bonds is 74. The molecule has 0 aromatic carbocycles. The number of allylic oxidation sites excluding steroid dienone is 16. The number of hydrogen-bond donors (Lipinski definition) is 3. The van der Waals surface area contributed by atoms with Gasteiger partial charge in [-0.2, -0.15) is 0 Å². The van der Waals surface area contributed by atoms with Gasteiger partial charge >= 0.3 is 39.5 Å². The minimum Gasteiger partial charge on any atom is -0.462 e. The van der Waals surface area contributed by atoms with E-state index in [1.807, 2.05) is 12.2 Å². The van der Waals surface area contributed by atoms with Gasteiger partial charge in [-0.15, -0.1) is 0 Å². The smallest absolute Gasteiger partial charge is 0.462 e. The predicted octanol–water partition coefficient (Wildman–Crippen LogP) is 22.8. The van der Waals surface area contributed by atoms with Gasteiger partial charge in [-0.25, -0.2) is 9.13 Å². The first kappa shape index (κ1) is 96.0. The Bertz CT molecular complexity index is 2270. The summed E-state index contributed by atoms with van der Waals surface area (Å²) in [6, 6.07) is 0. The van der Waals surface area contributed by atoms with E-state index in [-0.39, 0.29) is 25.7 Å². The quantitative estimate of drug-likeness (QED) is 0.0128. The summed E-state index contributed by atoms with van der Waals surface area (Å²) in [6.45, 7) is 4.74. The van der Waals surface area contributed by atoms with E-state index < -0.39 is 97.5 Å². The molecule has 0 saturated heterocycles. The zero-order valence-electron chi connectivity index (χ0n) is 63.1. The molecule has 0 rings (SSSR count). The van der Waals surface area contributed by atoms with Crippen molar-refractivity contribution in [3.63, 3.8) is 0 Å². The molecule has 0 aliphatic rings. The van der Waals surface area contributed by atoms with Crippen LogP contribution >= 0.6 is 15.6 Å². The summed E-state index contributed by atoms with van der Waals surface area (Å²) >= 11 is 0. The Kier molecular flexibility index (Phi) is 70.4. The van der Waals surface area contributed by atoms with E-state index in [1.54, 1.807) is 0 Å². The van der Waals surface area contributed by atoms with Crippen LogP contribution in [0.15, 0.2) is 97.2 Å². The van der Waals surface area contributed by atoms with Gasteiger partial charge in [-0.3, -0.25) is 37.3 Å².